The summed E-state index contributed by atoms with van der Waals surface area (Å²) in [5.41, 5.74) is 1.15. The first-order valence-electron chi connectivity index (χ1n) is 11.4. The molecule has 1 amide bonds. The Morgan fingerprint density at radius 1 is 1.13 bits per heavy atom. The summed E-state index contributed by atoms with van der Waals surface area (Å²) in [5, 5.41) is 0. The molecule has 3 aliphatic rings. The van der Waals surface area contributed by atoms with Crippen LogP contribution < -0.4 is 4.74 Å². The standard InChI is InChI=1S/C24H32F2N2O2S/c1-18-8-9-22-21(17-18)30-16-5-3-2-4-14-27(19-10-12-24(25,26)13-11-19)23(29)20-7-6-15-28(20)31-22/h2,4,8-9,17,19-20H,3,5-7,10-16H2,1H3. The zero-order valence-electron chi connectivity index (χ0n) is 18.2. The van der Waals surface area contributed by atoms with Gasteiger partial charge in [-0.05, 0) is 75.1 Å². The molecule has 7 heteroatoms. The predicted molar refractivity (Wildman–Crippen MR) is 120 cm³/mol. The number of carbonyl (C=O) groups is 1. The molecule has 1 saturated heterocycles. The third-order valence-corrected chi connectivity index (χ3v) is 7.66. The number of aryl methyl sites for hydroxylation is 1. The van der Waals surface area contributed by atoms with Crippen molar-refractivity contribution in [3.63, 3.8) is 0 Å². The Kier molecular flexibility index (Phi) is 7.22. The molecule has 0 aromatic heterocycles. The largest absolute Gasteiger partial charge is 0.492 e. The Balaban J connectivity index is 1.58. The molecule has 0 spiro atoms. The second kappa shape index (κ2) is 9.90. The van der Waals surface area contributed by atoms with Crippen LogP contribution in [0.25, 0.3) is 0 Å². The molecule has 170 valence electrons. The normalized spacial score (nSPS) is 26.1. The molecule has 0 bridgehead atoms. The van der Waals surface area contributed by atoms with Crippen LogP contribution in [0.2, 0.25) is 0 Å². The number of benzene rings is 1. The summed E-state index contributed by atoms with van der Waals surface area (Å²) in [4.78, 5) is 16.6. The summed E-state index contributed by atoms with van der Waals surface area (Å²) in [5.74, 6) is -1.64. The monoisotopic (exact) mass is 450 g/mol. The lowest BCUT2D eigenvalue weighted by Gasteiger charge is -2.38. The van der Waals surface area contributed by atoms with Crippen molar-refractivity contribution in [2.75, 3.05) is 19.7 Å². The minimum absolute atomic E-state index is 0.0801. The average Bonchev–Trinajstić information content (AvgIpc) is 3.20. The van der Waals surface area contributed by atoms with E-state index in [1.807, 2.05) is 11.0 Å². The number of allylic oxidation sites excluding steroid dienone is 1. The van der Waals surface area contributed by atoms with Crippen LogP contribution in [0.15, 0.2) is 35.2 Å². The van der Waals surface area contributed by atoms with E-state index in [1.54, 1.807) is 11.9 Å². The molecule has 1 saturated carbocycles. The smallest absolute Gasteiger partial charge is 0.248 e. The first-order chi connectivity index (χ1) is 14.9. The van der Waals surface area contributed by atoms with E-state index in [9.17, 15) is 13.6 Å². The van der Waals surface area contributed by atoms with Crippen LogP contribution in [0.1, 0.15) is 56.9 Å². The highest BCUT2D eigenvalue weighted by Gasteiger charge is 2.41. The molecule has 1 atom stereocenters. The lowest BCUT2D eigenvalue weighted by molar-refractivity contribution is -0.139. The van der Waals surface area contributed by atoms with Gasteiger partial charge in [0.05, 0.1) is 17.5 Å². The number of carbonyl (C=O) groups excluding carboxylic acids is 1. The van der Waals surface area contributed by atoms with E-state index < -0.39 is 5.92 Å². The first kappa shape index (κ1) is 22.6. The molecular weight excluding hydrogens is 418 g/mol. The van der Waals surface area contributed by atoms with Gasteiger partial charge >= 0.3 is 0 Å². The fourth-order valence-electron chi connectivity index (χ4n) is 4.66. The number of rotatable bonds is 1. The van der Waals surface area contributed by atoms with Crippen LogP contribution in [-0.2, 0) is 4.79 Å². The van der Waals surface area contributed by atoms with E-state index in [4.69, 9.17) is 4.74 Å². The van der Waals surface area contributed by atoms with Crippen molar-refractivity contribution in [1.82, 2.24) is 9.21 Å². The molecule has 4 rings (SSSR count). The van der Waals surface area contributed by atoms with Crippen molar-refractivity contribution in [2.24, 2.45) is 0 Å². The Morgan fingerprint density at radius 2 is 1.94 bits per heavy atom. The summed E-state index contributed by atoms with van der Waals surface area (Å²) in [6.45, 7) is 4.03. The first-order valence-corrected chi connectivity index (χ1v) is 12.2. The lowest BCUT2D eigenvalue weighted by Crippen LogP contribution is -2.50. The maximum atomic E-state index is 13.7. The highest BCUT2D eigenvalue weighted by Crippen LogP contribution is 2.39. The molecule has 2 fully saturated rings. The average molecular weight is 451 g/mol. The molecule has 31 heavy (non-hydrogen) atoms. The minimum Gasteiger partial charge on any atom is -0.492 e. The lowest BCUT2D eigenvalue weighted by atomic mass is 9.90. The molecule has 2 heterocycles. The third kappa shape index (κ3) is 5.61. The highest BCUT2D eigenvalue weighted by molar-refractivity contribution is 7.97. The van der Waals surface area contributed by atoms with Crippen molar-refractivity contribution < 1.29 is 18.3 Å². The molecule has 1 aromatic rings. The Bertz CT molecular complexity index is 807. The topological polar surface area (TPSA) is 32.8 Å². The zero-order valence-corrected chi connectivity index (χ0v) is 19.0. The molecule has 4 nitrogen and oxygen atoms in total. The van der Waals surface area contributed by atoms with Gasteiger partial charge < -0.3 is 9.64 Å². The molecule has 1 aliphatic carbocycles. The Hall–Kier alpha value is -1.60. The van der Waals surface area contributed by atoms with Crippen molar-refractivity contribution in [3.8, 4) is 5.75 Å². The van der Waals surface area contributed by atoms with E-state index in [1.165, 1.54) is 0 Å². The SMILES string of the molecule is Cc1ccc2c(c1)OCCCC=CCN(C1CCC(F)(F)CC1)C(=O)C1CCCN1S2. The fraction of sp³-hybridized carbons (Fsp3) is 0.625. The summed E-state index contributed by atoms with van der Waals surface area (Å²) >= 11 is 1.60. The van der Waals surface area contributed by atoms with Crippen molar-refractivity contribution in [2.45, 2.75) is 81.2 Å². The van der Waals surface area contributed by atoms with Gasteiger partial charge in [-0.2, -0.15) is 0 Å². The summed E-state index contributed by atoms with van der Waals surface area (Å²) in [6, 6.07) is 5.88. The molecule has 1 aromatic carbocycles. The van der Waals surface area contributed by atoms with Crippen LogP contribution in [0.5, 0.6) is 5.75 Å². The van der Waals surface area contributed by atoms with E-state index in [0.29, 0.717) is 26.0 Å². The maximum absolute atomic E-state index is 13.7. The predicted octanol–water partition coefficient (Wildman–Crippen LogP) is 5.60. The van der Waals surface area contributed by atoms with Gasteiger partial charge in [0, 0.05) is 32.0 Å². The van der Waals surface area contributed by atoms with E-state index in [2.05, 4.69) is 35.5 Å². The third-order valence-electron chi connectivity index (χ3n) is 6.46. The van der Waals surface area contributed by atoms with Crippen LogP contribution in [0.3, 0.4) is 0 Å². The molecule has 2 aliphatic heterocycles. The number of amides is 1. The van der Waals surface area contributed by atoms with E-state index in [-0.39, 0.29) is 30.8 Å². The highest BCUT2D eigenvalue weighted by atomic mass is 32.2. The number of alkyl halides is 2. The van der Waals surface area contributed by atoms with Crippen molar-refractivity contribution in [3.05, 3.63) is 35.9 Å². The van der Waals surface area contributed by atoms with Gasteiger partial charge in [-0.1, -0.05) is 18.2 Å². The van der Waals surface area contributed by atoms with Gasteiger partial charge in [0.2, 0.25) is 11.8 Å². The van der Waals surface area contributed by atoms with Crippen LogP contribution in [-0.4, -0.2) is 52.8 Å². The zero-order chi connectivity index (χ0) is 21.8. The summed E-state index contributed by atoms with van der Waals surface area (Å²) in [7, 11) is 0. The number of nitrogens with zero attached hydrogens (tertiary/aromatic N) is 2. The number of halogens is 2. The number of hydrogen-bond donors (Lipinski definition) is 0. The maximum Gasteiger partial charge on any atom is 0.248 e. The second-order valence-corrected chi connectivity index (χ2v) is 9.97. The molecule has 0 N–H and O–H groups in total. The van der Waals surface area contributed by atoms with E-state index >= 15 is 0 Å². The molecule has 0 radical (unpaired) electrons. The van der Waals surface area contributed by atoms with E-state index in [0.717, 1.165) is 48.4 Å². The summed E-state index contributed by atoms with van der Waals surface area (Å²) < 4.78 is 35.7. The van der Waals surface area contributed by atoms with Gasteiger partial charge in [0.25, 0.3) is 0 Å². The number of hydrogen-bond acceptors (Lipinski definition) is 4. The van der Waals surface area contributed by atoms with Crippen molar-refractivity contribution in [1.29, 1.82) is 0 Å². The Morgan fingerprint density at radius 3 is 2.74 bits per heavy atom. The van der Waals surface area contributed by atoms with Gasteiger partial charge in [0.1, 0.15) is 5.75 Å². The fourth-order valence-corrected chi connectivity index (χ4v) is 5.79. The number of ether oxygens (including phenoxy) is 1. The molecule has 1 unspecified atom stereocenters. The van der Waals surface area contributed by atoms with Crippen molar-refractivity contribution >= 4 is 17.9 Å². The minimum atomic E-state index is -2.59. The number of fused-ring (bicyclic) bond motifs is 2. The van der Waals surface area contributed by atoms with Crippen LogP contribution in [0, 0.1) is 6.92 Å². The van der Waals surface area contributed by atoms with Gasteiger partial charge in [-0.3, -0.25) is 4.79 Å². The van der Waals surface area contributed by atoms with Gasteiger partial charge in [-0.15, -0.1) is 0 Å². The van der Waals surface area contributed by atoms with Gasteiger partial charge in [-0.25, -0.2) is 13.1 Å². The second-order valence-electron chi connectivity index (χ2n) is 8.88. The summed E-state index contributed by atoms with van der Waals surface area (Å²) in [6.07, 6.45) is 8.14. The quantitative estimate of drug-likeness (QED) is 0.412. The Labute approximate surface area is 188 Å². The van der Waals surface area contributed by atoms with Gasteiger partial charge in [0.15, 0.2) is 0 Å². The van der Waals surface area contributed by atoms with Crippen LogP contribution >= 0.6 is 11.9 Å². The molecular formula is C24H32F2N2O2S. The van der Waals surface area contributed by atoms with Crippen LogP contribution in [0.4, 0.5) is 8.78 Å².